The van der Waals surface area contributed by atoms with Crippen molar-refractivity contribution in [2.75, 3.05) is 0 Å². The second-order valence-corrected chi connectivity index (χ2v) is 6.45. The van der Waals surface area contributed by atoms with Crippen molar-refractivity contribution in [3.8, 4) is 0 Å². The van der Waals surface area contributed by atoms with Gasteiger partial charge in [0.2, 0.25) is 0 Å². The molecule has 0 bridgehead atoms. The number of nitrogens with zero attached hydrogens (tertiary/aromatic N) is 1. The van der Waals surface area contributed by atoms with Crippen LogP contribution in [0, 0.1) is 5.41 Å². The first-order valence-corrected chi connectivity index (χ1v) is 6.88. The van der Waals surface area contributed by atoms with Gasteiger partial charge >= 0.3 is 0 Å². The third-order valence-electron chi connectivity index (χ3n) is 3.91. The van der Waals surface area contributed by atoms with E-state index in [1.54, 1.807) is 0 Å². The van der Waals surface area contributed by atoms with Crippen LogP contribution in [0.2, 0.25) is 0 Å². The molecule has 2 heteroatoms. The largest absolute Gasteiger partial charge is 0.471 e. The highest BCUT2D eigenvalue weighted by Gasteiger charge is 2.47. The van der Waals surface area contributed by atoms with Gasteiger partial charge in [-0.2, -0.15) is 0 Å². The summed E-state index contributed by atoms with van der Waals surface area (Å²) in [7, 11) is 0. The van der Waals surface area contributed by atoms with Gasteiger partial charge in [-0.3, -0.25) is 0 Å². The summed E-state index contributed by atoms with van der Waals surface area (Å²) in [6, 6.07) is 0.162. The molecular weight excluding hydrogens is 210 g/mol. The zero-order chi connectivity index (χ0) is 12.5. The molecule has 0 N–H and O–H groups in total. The molecule has 1 saturated carbocycles. The highest BCUT2D eigenvalue weighted by atomic mass is 16.5. The van der Waals surface area contributed by atoms with Crippen LogP contribution in [0.5, 0.6) is 0 Å². The zero-order valence-electron chi connectivity index (χ0n) is 11.5. The topological polar surface area (TPSA) is 21.6 Å². The molecule has 2 aliphatic rings. The Labute approximate surface area is 105 Å². The van der Waals surface area contributed by atoms with E-state index in [4.69, 9.17) is 9.73 Å². The second-order valence-electron chi connectivity index (χ2n) is 6.45. The van der Waals surface area contributed by atoms with Crippen molar-refractivity contribution in [2.24, 2.45) is 10.4 Å². The van der Waals surface area contributed by atoms with E-state index in [-0.39, 0.29) is 17.1 Å². The average Bonchev–Trinajstić information content (AvgIpc) is 2.44. The molecule has 1 spiro atoms. The number of rotatable bonds is 1. The second kappa shape index (κ2) is 4.47. The van der Waals surface area contributed by atoms with Crippen LogP contribution in [0.25, 0.3) is 0 Å². The molecular formula is C15H25NO. The van der Waals surface area contributed by atoms with Gasteiger partial charge < -0.3 is 4.74 Å². The molecule has 0 saturated heterocycles. The molecule has 1 heterocycles. The van der Waals surface area contributed by atoms with E-state index < -0.39 is 0 Å². The lowest BCUT2D eigenvalue weighted by molar-refractivity contribution is 0.0424. The summed E-state index contributed by atoms with van der Waals surface area (Å²) in [4.78, 5) is 4.77. The van der Waals surface area contributed by atoms with E-state index in [0.29, 0.717) is 0 Å². The van der Waals surface area contributed by atoms with Crippen molar-refractivity contribution in [1.29, 1.82) is 0 Å². The summed E-state index contributed by atoms with van der Waals surface area (Å²) in [5, 5.41) is 0. The Morgan fingerprint density at radius 3 is 2.29 bits per heavy atom. The standard InChI is InChI=1S/C15H25NO/c1-5-12-15(10-8-6-7-9-11-15)17-13(16-12)14(2,3)4/h5,12H,1,6-11H2,2-4H3. The lowest BCUT2D eigenvalue weighted by Crippen LogP contribution is -2.40. The van der Waals surface area contributed by atoms with Gasteiger partial charge in [0.25, 0.3) is 0 Å². The minimum atomic E-state index is -0.0686. The molecule has 0 aromatic rings. The fraction of sp³-hybridized carbons (Fsp3) is 0.800. The van der Waals surface area contributed by atoms with Crippen molar-refractivity contribution in [2.45, 2.75) is 70.9 Å². The highest BCUT2D eigenvalue weighted by Crippen LogP contribution is 2.41. The molecule has 1 aliphatic carbocycles. The predicted molar refractivity (Wildman–Crippen MR) is 72.4 cm³/mol. The van der Waals surface area contributed by atoms with Gasteiger partial charge in [-0.15, -0.1) is 6.58 Å². The normalized spacial score (nSPS) is 28.4. The van der Waals surface area contributed by atoms with Crippen molar-refractivity contribution >= 4 is 5.90 Å². The molecule has 17 heavy (non-hydrogen) atoms. The first kappa shape index (κ1) is 12.7. The van der Waals surface area contributed by atoms with E-state index in [0.717, 1.165) is 18.7 Å². The van der Waals surface area contributed by atoms with Gasteiger partial charge in [0.1, 0.15) is 11.6 Å². The van der Waals surface area contributed by atoms with Gasteiger partial charge in [-0.05, 0) is 25.7 Å². The van der Waals surface area contributed by atoms with Crippen molar-refractivity contribution in [3.05, 3.63) is 12.7 Å². The average molecular weight is 235 g/mol. The molecule has 2 rings (SSSR count). The number of ether oxygens (including phenoxy) is 1. The van der Waals surface area contributed by atoms with Crippen LogP contribution >= 0.6 is 0 Å². The first-order valence-electron chi connectivity index (χ1n) is 6.88. The zero-order valence-corrected chi connectivity index (χ0v) is 11.5. The fourth-order valence-corrected chi connectivity index (χ4v) is 2.86. The summed E-state index contributed by atoms with van der Waals surface area (Å²) in [6.07, 6.45) is 9.43. The van der Waals surface area contributed by atoms with Gasteiger partial charge in [-0.1, -0.05) is 39.7 Å². The van der Waals surface area contributed by atoms with Gasteiger partial charge in [-0.25, -0.2) is 4.99 Å². The summed E-state index contributed by atoms with van der Waals surface area (Å²) in [5.74, 6) is 0.921. The van der Waals surface area contributed by atoms with Crippen LogP contribution < -0.4 is 0 Å². The quantitative estimate of drug-likeness (QED) is 0.627. The van der Waals surface area contributed by atoms with Gasteiger partial charge in [0.15, 0.2) is 5.90 Å². The Morgan fingerprint density at radius 2 is 1.82 bits per heavy atom. The highest BCUT2D eigenvalue weighted by molar-refractivity contribution is 5.84. The van der Waals surface area contributed by atoms with E-state index in [1.807, 2.05) is 6.08 Å². The van der Waals surface area contributed by atoms with Crippen molar-refractivity contribution < 1.29 is 4.74 Å². The molecule has 0 aromatic heterocycles. The van der Waals surface area contributed by atoms with Crippen LogP contribution in [0.15, 0.2) is 17.6 Å². The minimum absolute atomic E-state index is 0.0110. The maximum Gasteiger partial charge on any atom is 0.190 e. The van der Waals surface area contributed by atoms with E-state index >= 15 is 0 Å². The Kier molecular flexibility index (Phi) is 3.33. The Hall–Kier alpha value is -0.790. The smallest absolute Gasteiger partial charge is 0.190 e. The lowest BCUT2D eigenvalue weighted by Gasteiger charge is -2.32. The third kappa shape index (κ3) is 2.41. The molecule has 0 radical (unpaired) electrons. The SMILES string of the molecule is C=CC1N=C(C(C)(C)C)OC12CCCCCC2. The summed E-state index contributed by atoms with van der Waals surface area (Å²) >= 11 is 0. The summed E-state index contributed by atoms with van der Waals surface area (Å²) in [5.41, 5.74) is -0.0576. The maximum atomic E-state index is 6.32. The molecule has 0 amide bonds. The third-order valence-corrected chi connectivity index (χ3v) is 3.91. The Bertz CT molecular complexity index is 316. The molecule has 1 atom stereocenters. The van der Waals surface area contributed by atoms with Gasteiger partial charge in [0.05, 0.1) is 0 Å². The monoisotopic (exact) mass is 235 g/mol. The van der Waals surface area contributed by atoms with Crippen LogP contribution in [0.1, 0.15) is 59.3 Å². The minimum Gasteiger partial charge on any atom is -0.471 e. The molecule has 96 valence electrons. The molecule has 1 fully saturated rings. The van der Waals surface area contributed by atoms with Crippen molar-refractivity contribution in [1.82, 2.24) is 0 Å². The Morgan fingerprint density at radius 1 is 1.24 bits per heavy atom. The predicted octanol–water partition coefficient (Wildman–Crippen LogP) is 4.11. The molecule has 2 nitrogen and oxygen atoms in total. The summed E-state index contributed by atoms with van der Waals surface area (Å²) < 4.78 is 6.32. The molecule has 1 aliphatic heterocycles. The first-order chi connectivity index (χ1) is 7.98. The van der Waals surface area contributed by atoms with E-state index in [9.17, 15) is 0 Å². The van der Waals surface area contributed by atoms with Crippen molar-refractivity contribution in [3.63, 3.8) is 0 Å². The van der Waals surface area contributed by atoms with Crippen LogP contribution in [0.4, 0.5) is 0 Å². The molecule has 1 unspecified atom stereocenters. The lowest BCUT2D eigenvalue weighted by atomic mass is 9.87. The molecule has 0 aromatic carbocycles. The van der Waals surface area contributed by atoms with Crippen LogP contribution in [-0.4, -0.2) is 17.5 Å². The van der Waals surface area contributed by atoms with E-state index in [1.165, 1.54) is 25.7 Å². The number of hydrogen-bond donors (Lipinski definition) is 0. The number of aliphatic imine (C=N–C) groups is 1. The fourth-order valence-electron chi connectivity index (χ4n) is 2.86. The van der Waals surface area contributed by atoms with Crippen LogP contribution in [-0.2, 0) is 4.74 Å². The Balaban J connectivity index is 2.23. The maximum absolute atomic E-state index is 6.32. The van der Waals surface area contributed by atoms with Gasteiger partial charge in [0, 0.05) is 5.41 Å². The number of hydrogen-bond acceptors (Lipinski definition) is 2. The van der Waals surface area contributed by atoms with Crippen LogP contribution in [0.3, 0.4) is 0 Å². The summed E-state index contributed by atoms with van der Waals surface area (Å²) in [6.45, 7) is 10.5. The van der Waals surface area contributed by atoms with E-state index in [2.05, 4.69) is 27.4 Å².